The smallest absolute Gasteiger partial charge is 0.0650 e. The van der Waals surface area contributed by atoms with Gasteiger partial charge in [0.15, 0.2) is 0 Å². The second-order valence-corrected chi connectivity index (χ2v) is 5.45. The Bertz CT molecular complexity index is 542. The molecule has 0 fully saturated rings. The number of hydrogen-bond acceptors (Lipinski definition) is 2. The van der Waals surface area contributed by atoms with Crippen molar-refractivity contribution >= 4 is 22.7 Å². The zero-order chi connectivity index (χ0) is 13.9. The molecule has 0 spiro atoms. The van der Waals surface area contributed by atoms with E-state index >= 15 is 0 Å². The summed E-state index contributed by atoms with van der Waals surface area (Å²) >= 11 is 0. The molecule has 0 radical (unpaired) electrons. The topological polar surface area (TPSA) is 15.3 Å². The van der Waals surface area contributed by atoms with Crippen LogP contribution in [0, 0.1) is 5.92 Å². The third-order valence-corrected chi connectivity index (χ3v) is 4.25. The van der Waals surface area contributed by atoms with Crippen LogP contribution in [0.3, 0.4) is 0 Å². The first-order valence-corrected chi connectivity index (χ1v) is 7.56. The second kappa shape index (κ2) is 5.58. The zero-order valence-electron chi connectivity index (χ0n) is 12.3. The van der Waals surface area contributed by atoms with Crippen LogP contribution in [0.2, 0.25) is 0 Å². The molecule has 0 aromatic heterocycles. The molecule has 1 N–H and O–H groups in total. The summed E-state index contributed by atoms with van der Waals surface area (Å²) in [5, 5.41) is 3.54. The highest BCUT2D eigenvalue weighted by Gasteiger charge is 2.23. The predicted octanol–water partition coefficient (Wildman–Crippen LogP) is 5.32. The van der Waals surface area contributed by atoms with Gasteiger partial charge in [-0.15, -0.1) is 0 Å². The first-order chi connectivity index (χ1) is 9.83. The van der Waals surface area contributed by atoms with Gasteiger partial charge >= 0.3 is 0 Å². The molecule has 0 unspecified atom stereocenters. The molecule has 1 aliphatic rings. The van der Waals surface area contributed by atoms with Gasteiger partial charge in [0.2, 0.25) is 0 Å². The first-order valence-electron chi connectivity index (χ1n) is 7.56. The summed E-state index contributed by atoms with van der Waals surface area (Å²) in [6.07, 6.45) is 2.45. The van der Waals surface area contributed by atoms with E-state index in [1.165, 1.54) is 35.6 Å². The van der Waals surface area contributed by atoms with E-state index in [0.29, 0.717) is 0 Å². The van der Waals surface area contributed by atoms with E-state index < -0.39 is 0 Å². The molecule has 104 valence electrons. The third kappa shape index (κ3) is 2.26. The van der Waals surface area contributed by atoms with Crippen molar-refractivity contribution in [1.29, 1.82) is 0 Å². The summed E-state index contributed by atoms with van der Waals surface area (Å²) in [6.45, 7) is 5.66. The average Bonchev–Trinajstić information content (AvgIpc) is 2.51. The van der Waals surface area contributed by atoms with E-state index in [1.54, 1.807) is 0 Å². The van der Waals surface area contributed by atoms with Gasteiger partial charge in [0, 0.05) is 6.54 Å². The van der Waals surface area contributed by atoms with Crippen LogP contribution in [0.5, 0.6) is 0 Å². The molecule has 2 heteroatoms. The summed E-state index contributed by atoms with van der Waals surface area (Å²) in [5.74, 6) is 0.731. The lowest BCUT2D eigenvalue weighted by Gasteiger charge is -2.35. The zero-order valence-corrected chi connectivity index (χ0v) is 12.3. The minimum absolute atomic E-state index is 0.731. The van der Waals surface area contributed by atoms with Crippen LogP contribution in [-0.4, -0.2) is 6.54 Å². The van der Waals surface area contributed by atoms with Gasteiger partial charge in [-0.1, -0.05) is 51.0 Å². The van der Waals surface area contributed by atoms with Crippen molar-refractivity contribution in [3.63, 3.8) is 0 Å². The summed E-state index contributed by atoms with van der Waals surface area (Å²) in [6, 6.07) is 17.2. The summed E-state index contributed by atoms with van der Waals surface area (Å²) in [7, 11) is 0. The van der Waals surface area contributed by atoms with Gasteiger partial charge in [0.05, 0.1) is 22.7 Å². The van der Waals surface area contributed by atoms with Crippen LogP contribution in [0.1, 0.15) is 26.7 Å². The molecule has 0 atom stereocenters. The van der Waals surface area contributed by atoms with Crippen molar-refractivity contribution in [3.05, 3.63) is 48.5 Å². The third-order valence-electron chi connectivity index (χ3n) is 4.25. The minimum atomic E-state index is 0.731. The van der Waals surface area contributed by atoms with E-state index in [4.69, 9.17) is 0 Å². The lowest BCUT2D eigenvalue weighted by Crippen LogP contribution is -2.28. The summed E-state index contributed by atoms with van der Waals surface area (Å²) in [4.78, 5) is 2.47. The number of rotatable bonds is 4. The van der Waals surface area contributed by atoms with Gasteiger partial charge in [-0.3, -0.25) is 0 Å². The molecule has 0 saturated heterocycles. The van der Waals surface area contributed by atoms with Crippen molar-refractivity contribution in [2.45, 2.75) is 26.7 Å². The van der Waals surface area contributed by atoms with Crippen molar-refractivity contribution in [2.75, 3.05) is 16.8 Å². The number of nitrogens with one attached hydrogen (secondary N) is 1. The number of benzene rings is 2. The van der Waals surface area contributed by atoms with Crippen LogP contribution >= 0.6 is 0 Å². The van der Waals surface area contributed by atoms with Gasteiger partial charge in [0.25, 0.3) is 0 Å². The maximum Gasteiger partial charge on any atom is 0.0650 e. The highest BCUT2D eigenvalue weighted by atomic mass is 15.2. The minimum Gasteiger partial charge on any atom is -0.352 e. The standard InChI is InChI=1S/C18H22N2/c1-3-14(4-2)13-20-17-11-7-5-9-15(17)19-16-10-6-8-12-18(16)20/h5-12,14,19H,3-4,13H2,1-2H3. The fourth-order valence-corrected chi connectivity index (χ4v) is 2.91. The molecule has 0 aliphatic carbocycles. The lowest BCUT2D eigenvalue weighted by molar-refractivity contribution is 0.500. The fraction of sp³-hybridized carbons (Fsp3) is 0.333. The molecule has 0 bridgehead atoms. The Morgan fingerprint density at radius 2 is 1.35 bits per heavy atom. The molecular weight excluding hydrogens is 244 g/mol. The SMILES string of the molecule is CCC(CC)CN1c2ccccc2Nc2ccccc21. The van der Waals surface area contributed by atoms with Gasteiger partial charge in [-0.05, 0) is 30.2 Å². The Labute approximate surface area is 121 Å². The summed E-state index contributed by atoms with van der Waals surface area (Å²) < 4.78 is 0. The Balaban J connectivity index is 2.03. The van der Waals surface area contributed by atoms with Crippen LogP contribution in [-0.2, 0) is 0 Å². The first kappa shape index (κ1) is 13.0. The normalized spacial score (nSPS) is 12.8. The quantitative estimate of drug-likeness (QED) is 0.806. The van der Waals surface area contributed by atoms with Crippen LogP contribution in [0.4, 0.5) is 22.7 Å². The highest BCUT2D eigenvalue weighted by molar-refractivity contribution is 5.91. The van der Waals surface area contributed by atoms with E-state index in [-0.39, 0.29) is 0 Å². The van der Waals surface area contributed by atoms with Crippen LogP contribution < -0.4 is 10.2 Å². The lowest BCUT2D eigenvalue weighted by atomic mass is 10.0. The molecule has 0 amide bonds. The van der Waals surface area contributed by atoms with Crippen molar-refractivity contribution in [2.24, 2.45) is 5.92 Å². The molecule has 2 nitrogen and oxygen atoms in total. The number of nitrogens with zero attached hydrogens (tertiary/aromatic N) is 1. The monoisotopic (exact) mass is 266 g/mol. The number of fused-ring (bicyclic) bond motifs is 2. The number of anilines is 4. The molecular formula is C18H22N2. The van der Waals surface area contributed by atoms with Crippen molar-refractivity contribution in [3.8, 4) is 0 Å². The molecule has 0 saturated carbocycles. The van der Waals surface area contributed by atoms with E-state index in [0.717, 1.165) is 12.5 Å². The average molecular weight is 266 g/mol. The molecule has 1 aliphatic heterocycles. The molecule has 3 rings (SSSR count). The van der Waals surface area contributed by atoms with Gasteiger partial charge in [0.1, 0.15) is 0 Å². The number of para-hydroxylation sites is 4. The molecule has 1 heterocycles. The molecule has 20 heavy (non-hydrogen) atoms. The summed E-state index contributed by atoms with van der Waals surface area (Å²) in [5.41, 5.74) is 4.99. The van der Waals surface area contributed by atoms with Gasteiger partial charge in [-0.25, -0.2) is 0 Å². The van der Waals surface area contributed by atoms with Crippen LogP contribution in [0.15, 0.2) is 48.5 Å². The van der Waals surface area contributed by atoms with E-state index in [2.05, 4.69) is 72.6 Å². The molecule has 2 aromatic rings. The van der Waals surface area contributed by atoms with E-state index in [9.17, 15) is 0 Å². The van der Waals surface area contributed by atoms with Crippen molar-refractivity contribution in [1.82, 2.24) is 0 Å². The van der Waals surface area contributed by atoms with Gasteiger partial charge in [-0.2, -0.15) is 0 Å². The Hall–Kier alpha value is -1.96. The second-order valence-electron chi connectivity index (χ2n) is 5.45. The largest absolute Gasteiger partial charge is 0.352 e. The van der Waals surface area contributed by atoms with E-state index in [1.807, 2.05) is 0 Å². The Kier molecular flexibility index (Phi) is 3.64. The Morgan fingerprint density at radius 3 is 1.85 bits per heavy atom. The maximum absolute atomic E-state index is 3.54. The maximum atomic E-state index is 3.54. The molecule has 2 aromatic carbocycles. The predicted molar refractivity (Wildman–Crippen MR) is 87.2 cm³/mol. The highest BCUT2D eigenvalue weighted by Crippen LogP contribution is 2.43. The van der Waals surface area contributed by atoms with Gasteiger partial charge < -0.3 is 10.2 Å². The van der Waals surface area contributed by atoms with Crippen molar-refractivity contribution < 1.29 is 0 Å². The Morgan fingerprint density at radius 1 is 0.850 bits per heavy atom. The number of hydrogen-bond donors (Lipinski definition) is 1. The fourth-order valence-electron chi connectivity index (χ4n) is 2.91. The van der Waals surface area contributed by atoms with Crippen LogP contribution in [0.25, 0.3) is 0 Å².